The lowest BCUT2D eigenvalue weighted by molar-refractivity contribution is 0.174. The Morgan fingerprint density at radius 3 is 1.65 bits per heavy atom. The third-order valence-electron chi connectivity index (χ3n) is 5.23. The highest BCUT2D eigenvalue weighted by molar-refractivity contribution is 6.20. The van der Waals surface area contributed by atoms with Crippen LogP contribution in [-0.4, -0.2) is 28.7 Å². The zero-order valence-electron chi connectivity index (χ0n) is 18.3. The summed E-state index contributed by atoms with van der Waals surface area (Å²) in [6.07, 6.45) is 19.9. The third kappa shape index (κ3) is 19.0. The summed E-state index contributed by atoms with van der Waals surface area (Å²) in [5.41, 5.74) is -0.0000535. The Labute approximate surface area is 169 Å². The van der Waals surface area contributed by atoms with Gasteiger partial charge in [-0.2, -0.15) is 0 Å². The number of unbranched alkanes of at least 4 members (excludes halogenated alkanes) is 12. The summed E-state index contributed by atoms with van der Waals surface area (Å²) in [4.78, 5) is 0. The average Bonchev–Trinajstić information content (AvgIpc) is 2.57. The summed E-state index contributed by atoms with van der Waals surface area (Å²) in [6.45, 7) is 9.08. The van der Waals surface area contributed by atoms with Gasteiger partial charge in [0, 0.05) is 17.5 Å². The first-order valence-electron chi connectivity index (χ1n) is 11.4. The van der Waals surface area contributed by atoms with Gasteiger partial charge in [-0.15, -0.1) is 11.6 Å². The van der Waals surface area contributed by atoms with Crippen molar-refractivity contribution in [1.82, 2.24) is 5.32 Å². The predicted octanol–water partition coefficient (Wildman–Crippen LogP) is 7.21. The molecule has 0 radical (unpaired) electrons. The second-order valence-electron chi connectivity index (χ2n) is 8.95. The van der Waals surface area contributed by atoms with E-state index in [0.29, 0.717) is 6.54 Å². The Morgan fingerprint density at radius 2 is 1.23 bits per heavy atom. The van der Waals surface area contributed by atoms with Crippen molar-refractivity contribution in [3.63, 3.8) is 0 Å². The first kappa shape index (κ1) is 26.2. The van der Waals surface area contributed by atoms with Crippen molar-refractivity contribution in [1.29, 1.82) is 0 Å². The van der Waals surface area contributed by atoms with Crippen LogP contribution in [0.4, 0.5) is 0 Å². The molecule has 2 atom stereocenters. The van der Waals surface area contributed by atoms with Crippen LogP contribution in [0, 0.1) is 0 Å². The van der Waals surface area contributed by atoms with Crippen molar-refractivity contribution in [2.45, 2.75) is 141 Å². The van der Waals surface area contributed by atoms with E-state index in [-0.39, 0.29) is 17.0 Å². The first-order valence-corrected chi connectivity index (χ1v) is 11.9. The maximum atomic E-state index is 9.39. The van der Waals surface area contributed by atoms with Crippen LogP contribution in [0.25, 0.3) is 0 Å². The van der Waals surface area contributed by atoms with E-state index in [0.717, 1.165) is 12.8 Å². The monoisotopic (exact) mass is 389 g/mol. The number of hydrogen-bond donors (Lipinski definition) is 2. The lowest BCUT2D eigenvalue weighted by Crippen LogP contribution is -2.44. The van der Waals surface area contributed by atoms with Gasteiger partial charge in [0.25, 0.3) is 0 Å². The molecule has 0 aromatic heterocycles. The maximum Gasteiger partial charge on any atom is 0.0636 e. The second-order valence-corrected chi connectivity index (χ2v) is 9.56. The molecule has 0 aliphatic heterocycles. The lowest BCUT2D eigenvalue weighted by Gasteiger charge is -2.29. The van der Waals surface area contributed by atoms with Gasteiger partial charge in [0.1, 0.15) is 0 Å². The molecule has 0 fully saturated rings. The largest absolute Gasteiger partial charge is 0.392 e. The van der Waals surface area contributed by atoms with Gasteiger partial charge in [0.05, 0.1) is 6.10 Å². The normalized spacial score (nSPS) is 14.5. The van der Waals surface area contributed by atoms with Gasteiger partial charge in [0.15, 0.2) is 0 Å². The zero-order valence-corrected chi connectivity index (χ0v) is 19.0. The van der Waals surface area contributed by atoms with E-state index < -0.39 is 0 Å². The summed E-state index contributed by atoms with van der Waals surface area (Å²) in [7, 11) is 0. The molecule has 0 rings (SSSR count). The molecule has 0 aliphatic carbocycles. The van der Waals surface area contributed by atoms with E-state index in [1.165, 1.54) is 83.5 Å². The molecule has 0 saturated heterocycles. The Balaban J connectivity index is 3.38. The van der Waals surface area contributed by atoms with Crippen LogP contribution in [0.1, 0.15) is 124 Å². The second kappa shape index (κ2) is 17.3. The molecule has 0 aliphatic rings. The lowest BCUT2D eigenvalue weighted by atomic mass is 9.95. The number of β-amino-alcohol motifs (C(OH)–C–C–N with tert-alkyl or cyclic N) is 1. The summed E-state index contributed by atoms with van der Waals surface area (Å²) >= 11 is 6.52. The number of aliphatic hydroxyl groups excluding tert-OH is 1. The van der Waals surface area contributed by atoms with Crippen molar-refractivity contribution in [3.8, 4) is 0 Å². The first-order chi connectivity index (χ1) is 12.4. The number of nitrogens with one attached hydrogen (secondary N) is 1. The van der Waals surface area contributed by atoms with Gasteiger partial charge in [-0.25, -0.2) is 0 Å². The number of alkyl halides is 1. The highest BCUT2D eigenvalue weighted by Crippen LogP contribution is 2.21. The van der Waals surface area contributed by atoms with E-state index in [9.17, 15) is 5.11 Å². The van der Waals surface area contributed by atoms with Gasteiger partial charge in [-0.1, -0.05) is 90.4 Å². The molecular weight excluding hydrogens is 342 g/mol. The van der Waals surface area contributed by atoms with Crippen LogP contribution in [-0.2, 0) is 0 Å². The molecular formula is C23H48ClNO. The van der Waals surface area contributed by atoms with E-state index in [1.54, 1.807) is 0 Å². The van der Waals surface area contributed by atoms with Gasteiger partial charge in [-0.3, -0.25) is 0 Å². The molecule has 3 heteroatoms. The van der Waals surface area contributed by atoms with Crippen molar-refractivity contribution in [2.24, 2.45) is 0 Å². The number of halogens is 1. The minimum atomic E-state index is -0.302. The fourth-order valence-electron chi connectivity index (χ4n) is 3.54. The molecule has 0 bridgehead atoms. The molecule has 26 heavy (non-hydrogen) atoms. The highest BCUT2D eigenvalue weighted by Gasteiger charge is 2.21. The van der Waals surface area contributed by atoms with E-state index in [4.69, 9.17) is 11.6 Å². The molecule has 158 valence electrons. The maximum absolute atomic E-state index is 9.39. The minimum Gasteiger partial charge on any atom is -0.392 e. The van der Waals surface area contributed by atoms with Gasteiger partial charge in [0.2, 0.25) is 0 Å². The SMILES string of the molecule is CCCCCCCCCCCCCCCC(Cl)CC(C)(C)NCC(C)O. The molecule has 0 spiro atoms. The Bertz CT molecular complexity index is 294. The number of aliphatic hydroxyl groups is 1. The van der Waals surface area contributed by atoms with E-state index in [1.807, 2.05) is 6.92 Å². The van der Waals surface area contributed by atoms with E-state index in [2.05, 4.69) is 26.1 Å². The summed E-state index contributed by atoms with van der Waals surface area (Å²) in [5, 5.41) is 13.0. The van der Waals surface area contributed by atoms with Crippen LogP contribution in [0.15, 0.2) is 0 Å². The summed E-state index contributed by atoms with van der Waals surface area (Å²) < 4.78 is 0. The highest BCUT2D eigenvalue weighted by atomic mass is 35.5. The third-order valence-corrected chi connectivity index (χ3v) is 5.60. The zero-order chi connectivity index (χ0) is 19.7. The molecule has 0 heterocycles. The Kier molecular flexibility index (Phi) is 17.5. The topological polar surface area (TPSA) is 32.3 Å². The predicted molar refractivity (Wildman–Crippen MR) is 118 cm³/mol. The van der Waals surface area contributed by atoms with Crippen LogP contribution in [0.2, 0.25) is 0 Å². The fraction of sp³-hybridized carbons (Fsp3) is 1.00. The Hall–Kier alpha value is 0.210. The Morgan fingerprint density at radius 1 is 0.808 bits per heavy atom. The van der Waals surface area contributed by atoms with Gasteiger partial charge < -0.3 is 10.4 Å². The molecule has 2 N–H and O–H groups in total. The molecule has 2 nitrogen and oxygen atoms in total. The quantitative estimate of drug-likeness (QED) is 0.180. The van der Waals surface area contributed by atoms with Crippen molar-refractivity contribution >= 4 is 11.6 Å². The fourth-order valence-corrected chi connectivity index (χ4v) is 4.08. The summed E-state index contributed by atoms with van der Waals surface area (Å²) in [6, 6.07) is 0. The van der Waals surface area contributed by atoms with Gasteiger partial charge in [-0.05, 0) is 33.6 Å². The average molecular weight is 390 g/mol. The molecule has 0 aromatic rings. The van der Waals surface area contributed by atoms with Gasteiger partial charge >= 0.3 is 0 Å². The molecule has 0 aromatic carbocycles. The van der Waals surface area contributed by atoms with Crippen LogP contribution < -0.4 is 5.32 Å². The van der Waals surface area contributed by atoms with Crippen molar-refractivity contribution in [2.75, 3.05) is 6.54 Å². The van der Waals surface area contributed by atoms with Crippen molar-refractivity contribution in [3.05, 3.63) is 0 Å². The van der Waals surface area contributed by atoms with Crippen molar-refractivity contribution < 1.29 is 5.11 Å². The van der Waals surface area contributed by atoms with Crippen LogP contribution in [0.3, 0.4) is 0 Å². The summed E-state index contributed by atoms with van der Waals surface area (Å²) in [5.74, 6) is 0. The standard InChI is InChI=1S/C23H48ClNO/c1-5-6-7-8-9-10-11-12-13-14-15-16-17-18-22(24)19-23(3,4)25-20-21(2)26/h21-22,25-26H,5-20H2,1-4H3. The van der Waals surface area contributed by atoms with Crippen LogP contribution in [0.5, 0.6) is 0 Å². The molecule has 0 amide bonds. The molecule has 0 saturated carbocycles. The number of hydrogen-bond acceptors (Lipinski definition) is 2. The molecule has 2 unspecified atom stereocenters. The van der Waals surface area contributed by atoms with Crippen LogP contribution >= 0.6 is 11.6 Å². The van der Waals surface area contributed by atoms with E-state index >= 15 is 0 Å². The smallest absolute Gasteiger partial charge is 0.0636 e. The minimum absolute atomic E-state index is 0.0000535. The number of rotatable bonds is 19.